The second kappa shape index (κ2) is 25.3. The van der Waals surface area contributed by atoms with Crippen LogP contribution in [0.5, 0.6) is 0 Å². The number of ether oxygens (including phenoxy) is 1. The number of hydrogen-bond acceptors (Lipinski definition) is 14. The molecule has 0 bridgehead atoms. The number of hydrogen-bond donors (Lipinski definition) is 4. The van der Waals surface area contributed by atoms with Gasteiger partial charge < -0.3 is 29.8 Å². The largest absolute Gasteiger partial charge is 0.481 e. The van der Waals surface area contributed by atoms with Crippen LogP contribution >= 0.6 is 19.4 Å². The molecule has 0 fully saturated rings. The van der Waals surface area contributed by atoms with Gasteiger partial charge >= 0.3 is 32.2 Å². The van der Waals surface area contributed by atoms with Crippen LogP contribution in [0.15, 0.2) is 66.7 Å². The van der Waals surface area contributed by atoms with Crippen molar-refractivity contribution in [2.75, 3.05) is 30.2 Å². The highest BCUT2D eigenvalue weighted by Gasteiger charge is 2.57. The van der Waals surface area contributed by atoms with E-state index >= 15 is 17.6 Å². The first-order valence-electron chi connectivity index (χ1n) is 25.7. The fraction of sp³-hybridized carbons (Fsp3) is 0.377. The molecule has 3 aromatic carbocycles. The number of carbonyl (C=O) groups excluding carboxylic acids is 3. The van der Waals surface area contributed by atoms with Crippen molar-refractivity contribution in [2.24, 2.45) is 5.92 Å². The lowest BCUT2D eigenvalue weighted by Gasteiger charge is -2.24. The Labute approximate surface area is 503 Å². The number of carboxylic acids is 1. The summed E-state index contributed by atoms with van der Waals surface area (Å²) in [6, 6.07) is 8.72. The minimum absolute atomic E-state index is 0.0748. The Morgan fingerprint density at radius 3 is 2.12 bits per heavy atom. The number of phosphoric acid groups is 1. The van der Waals surface area contributed by atoms with Gasteiger partial charge in [-0.2, -0.15) is 49.6 Å². The number of phosphoric ester groups is 1. The topological polar surface area (TPSA) is 300 Å². The number of sulfonamides is 1. The summed E-state index contributed by atoms with van der Waals surface area (Å²) in [7, 11) is -14.4. The van der Waals surface area contributed by atoms with Crippen molar-refractivity contribution in [3.8, 4) is 23.0 Å². The fourth-order valence-electron chi connectivity index (χ4n) is 9.46. The van der Waals surface area contributed by atoms with Crippen LogP contribution in [0.4, 0.5) is 54.5 Å². The van der Waals surface area contributed by atoms with Crippen LogP contribution in [0.3, 0.4) is 0 Å². The quantitative estimate of drug-likeness (QED) is 0.0240. The average Bonchev–Trinajstić information content (AvgIpc) is 1.62. The molecule has 0 saturated heterocycles. The van der Waals surface area contributed by atoms with E-state index in [1.54, 1.807) is 0 Å². The SMILES string of the molecule is C[C@@H]1c2c(C(F)(F)F)nn(CC(=O)N[C@@H](Cc3cc(F)cc(F)c3)c3nc(C#CC(C)(C)S(C)(=O)=O)ccc3-c3ccc(Cl)c4c(N(C(=O)c5ccccc5CN(CCC(=O)O)C(=O)OCOP(=O)(O)O)S(C)(=O)=O)nn(CC(F)(F)F)c34)c2C(F)(F)[C@@H]1C. The van der Waals surface area contributed by atoms with Gasteiger partial charge in [-0.05, 0) is 79.6 Å². The van der Waals surface area contributed by atoms with Crippen molar-refractivity contribution in [3.05, 3.63) is 128 Å². The van der Waals surface area contributed by atoms with E-state index in [2.05, 4.69) is 36.9 Å². The number of amides is 3. The molecule has 89 heavy (non-hydrogen) atoms. The molecule has 4 N–H and O–H groups in total. The minimum atomic E-state index is -5.32. The van der Waals surface area contributed by atoms with E-state index in [9.17, 15) is 72.0 Å². The molecule has 1 aliphatic rings. The van der Waals surface area contributed by atoms with E-state index in [1.807, 2.05) is 0 Å². The fourth-order valence-corrected chi connectivity index (χ4v) is 11.0. The molecule has 0 radical (unpaired) electrons. The van der Waals surface area contributed by atoms with Crippen molar-refractivity contribution in [2.45, 2.75) is 95.2 Å². The molecule has 7 rings (SSSR count). The molecule has 480 valence electrons. The smallest absolute Gasteiger partial charge is 0.472 e. The number of alkyl halides is 8. The van der Waals surface area contributed by atoms with E-state index in [4.69, 9.17) is 26.1 Å². The van der Waals surface area contributed by atoms with Gasteiger partial charge in [-0.15, -0.1) is 0 Å². The maximum absolute atomic E-state index is 15.9. The number of nitrogens with one attached hydrogen (secondary N) is 1. The van der Waals surface area contributed by atoms with Crippen molar-refractivity contribution in [1.82, 2.24) is 34.8 Å². The lowest BCUT2D eigenvalue weighted by molar-refractivity contribution is -0.143. The Morgan fingerprint density at radius 2 is 1.54 bits per heavy atom. The number of fused-ring (bicyclic) bond motifs is 2. The van der Waals surface area contributed by atoms with Crippen LogP contribution in [0, 0.1) is 29.4 Å². The first kappa shape index (κ1) is 68.8. The first-order chi connectivity index (χ1) is 40.9. The minimum Gasteiger partial charge on any atom is -0.481 e. The standard InChI is InChI=1S/C53H50ClF10N8O14PS2/c1-27-28(2)52(60,61)46-41(27)45(53(62,63)64)67-70(46)24-39(73)66-38(21-29-19-31(55)22-32(56)20-29)43-35(12-11-33(65-43)15-17-50(3,4)88(5,81)82)36-13-14-37(54)42-44(36)71(25-51(57,58)59)68-47(42)72(89(6,83)84)48(76)34-10-8-7-9-30(34)23-69(18-16-40(74)75)49(77)85-26-86-87(78,79)80/h7-14,19-20,22,27-28,38H,16,18,21,23-26H2,1-6H3,(H,66,73)(H,74,75)(H2,78,79,80)/t27-,28+,38-/m0/s1. The summed E-state index contributed by atoms with van der Waals surface area (Å²) >= 11 is 6.78. The molecule has 3 heterocycles. The molecule has 36 heteroatoms. The second-order valence-corrected chi connectivity index (χ2v) is 26.9. The number of rotatable bonds is 20. The van der Waals surface area contributed by atoms with E-state index < -0.39 is 211 Å². The third kappa shape index (κ3) is 15.7. The average molecular weight is 1340 g/mol. The molecule has 3 amide bonds. The van der Waals surface area contributed by atoms with Gasteiger partial charge in [-0.25, -0.2) is 44.5 Å². The first-order valence-corrected chi connectivity index (χ1v) is 31.3. The molecule has 3 aromatic heterocycles. The zero-order valence-corrected chi connectivity index (χ0v) is 50.2. The predicted octanol–water partition coefficient (Wildman–Crippen LogP) is 9.01. The molecule has 0 spiro atoms. The Morgan fingerprint density at radius 1 is 0.910 bits per heavy atom. The van der Waals surface area contributed by atoms with Gasteiger partial charge in [0.2, 0.25) is 22.7 Å². The Balaban J connectivity index is 1.48. The number of aromatic nitrogens is 5. The summed E-state index contributed by atoms with van der Waals surface area (Å²) in [6.45, 7) is -2.01. The molecule has 1 aliphatic carbocycles. The highest BCUT2D eigenvalue weighted by molar-refractivity contribution is 7.93. The lowest BCUT2D eigenvalue weighted by Crippen LogP contribution is -2.38. The monoisotopic (exact) mass is 1340 g/mol. The highest BCUT2D eigenvalue weighted by Crippen LogP contribution is 2.55. The van der Waals surface area contributed by atoms with Crippen LogP contribution < -0.4 is 9.62 Å². The van der Waals surface area contributed by atoms with Crippen LogP contribution in [0.2, 0.25) is 5.02 Å². The second-order valence-electron chi connectivity index (χ2n) is 20.8. The Kier molecular flexibility index (Phi) is 19.6. The summed E-state index contributed by atoms with van der Waals surface area (Å²) in [5.74, 6) is -10.2. The Hall–Kier alpha value is -7.67. The summed E-state index contributed by atoms with van der Waals surface area (Å²) in [6.07, 6.45) is -12.4. The van der Waals surface area contributed by atoms with E-state index in [0.717, 1.165) is 68.6 Å². The summed E-state index contributed by atoms with van der Waals surface area (Å²) in [5.41, 5.74) is -7.84. The van der Waals surface area contributed by atoms with Gasteiger partial charge in [0.05, 0.1) is 40.3 Å². The predicted molar refractivity (Wildman–Crippen MR) is 295 cm³/mol. The summed E-state index contributed by atoms with van der Waals surface area (Å²) < 4.78 is 222. The number of sulfone groups is 1. The van der Waals surface area contributed by atoms with Gasteiger partial charge in [0.15, 0.2) is 21.3 Å². The van der Waals surface area contributed by atoms with E-state index in [0.29, 0.717) is 17.2 Å². The number of nitrogens with zero attached hydrogens (tertiary/aromatic N) is 7. The number of halogens is 11. The lowest BCUT2D eigenvalue weighted by atomic mass is 9.93. The van der Waals surface area contributed by atoms with Gasteiger partial charge in [0, 0.05) is 53.6 Å². The van der Waals surface area contributed by atoms with Gasteiger partial charge in [-0.3, -0.25) is 23.7 Å². The maximum atomic E-state index is 15.9. The highest BCUT2D eigenvalue weighted by atomic mass is 35.5. The van der Waals surface area contributed by atoms with Crippen LogP contribution in [-0.2, 0) is 81.4 Å². The number of pyridine rings is 1. The molecule has 6 aromatic rings. The maximum Gasteiger partial charge on any atom is 0.472 e. The summed E-state index contributed by atoms with van der Waals surface area (Å²) in [4.78, 5) is 77.4. The number of benzene rings is 3. The van der Waals surface area contributed by atoms with Crippen LogP contribution in [-0.4, -0.2) is 122 Å². The van der Waals surface area contributed by atoms with E-state index in [1.165, 1.54) is 26.0 Å². The number of aliphatic carboxylic acids is 1. The third-order valence-corrected chi connectivity index (χ3v) is 17.7. The van der Waals surface area contributed by atoms with Gasteiger partial charge in [0.25, 0.3) is 11.8 Å². The van der Waals surface area contributed by atoms with Crippen molar-refractivity contribution < 1.29 is 109 Å². The molecule has 22 nitrogen and oxygen atoms in total. The van der Waals surface area contributed by atoms with E-state index in [-0.39, 0.29) is 30.5 Å². The van der Waals surface area contributed by atoms with Crippen molar-refractivity contribution >= 4 is 79.9 Å². The summed E-state index contributed by atoms with van der Waals surface area (Å²) in [5, 5.41) is 17.8. The molecule has 0 unspecified atom stereocenters. The number of carboxylic acid groups (broad SMARTS) is 1. The molecule has 0 aliphatic heterocycles. The molecular formula is C53H50ClF10N8O14PS2. The van der Waals surface area contributed by atoms with Crippen molar-refractivity contribution in [1.29, 1.82) is 0 Å². The molecular weight excluding hydrogens is 1290 g/mol. The third-order valence-electron chi connectivity index (χ3n) is 14.0. The number of carbonyl (C=O) groups is 4. The van der Waals surface area contributed by atoms with Gasteiger partial charge in [-0.1, -0.05) is 55.6 Å². The van der Waals surface area contributed by atoms with Crippen LogP contribution in [0.1, 0.15) is 95.9 Å². The van der Waals surface area contributed by atoms with Gasteiger partial charge in [0.1, 0.15) is 40.9 Å². The molecule has 3 atom stereocenters. The van der Waals surface area contributed by atoms with Crippen molar-refractivity contribution in [3.63, 3.8) is 0 Å². The molecule has 0 saturated carbocycles. The van der Waals surface area contributed by atoms with Crippen LogP contribution in [0.25, 0.3) is 22.0 Å². The zero-order valence-electron chi connectivity index (χ0n) is 46.9. The normalized spacial score (nSPS) is 15.7. The zero-order chi connectivity index (χ0) is 66.5. The number of anilines is 1. The Bertz CT molecular complexity index is 4150.